The van der Waals surface area contributed by atoms with Crippen LogP contribution >= 0.6 is 79.5 Å². The monoisotopic (exact) mass is 794 g/mol. The van der Waals surface area contributed by atoms with Crippen molar-refractivity contribution < 1.29 is 9.53 Å². The summed E-state index contributed by atoms with van der Waals surface area (Å²) < 4.78 is 9.35. The third-order valence-corrected chi connectivity index (χ3v) is 8.36. The van der Waals surface area contributed by atoms with E-state index in [0.717, 1.165) is 36.1 Å². The molecule has 4 nitrogen and oxygen atoms in total. The Hall–Kier alpha value is -0.990. The zero-order chi connectivity index (χ0) is 23.4. The minimum absolute atomic E-state index is 0.0632. The van der Waals surface area contributed by atoms with E-state index in [4.69, 9.17) is 4.74 Å². The smallest absolute Gasteiger partial charge is 0.260 e. The van der Waals surface area contributed by atoms with E-state index >= 15 is 0 Å². The van der Waals surface area contributed by atoms with Crippen LogP contribution in [0.25, 0.3) is 6.08 Å². The molecular formula is C25H21I3N2O2S. The summed E-state index contributed by atoms with van der Waals surface area (Å²) >= 11 is 8.39. The van der Waals surface area contributed by atoms with Crippen molar-refractivity contribution in [2.75, 3.05) is 5.32 Å². The van der Waals surface area contributed by atoms with Gasteiger partial charge in [-0.25, -0.2) is 0 Å². The maximum absolute atomic E-state index is 12.5. The largest absolute Gasteiger partial charge is 0.487 e. The van der Waals surface area contributed by atoms with E-state index in [1.54, 1.807) is 0 Å². The molecule has 1 fully saturated rings. The maximum atomic E-state index is 12.5. The van der Waals surface area contributed by atoms with Crippen LogP contribution in [0.3, 0.4) is 0 Å². The summed E-state index contributed by atoms with van der Waals surface area (Å²) in [6.07, 6.45) is 2.95. The lowest BCUT2D eigenvalue weighted by molar-refractivity contribution is -0.116. The molecule has 8 heteroatoms. The van der Waals surface area contributed by atoms with Crippen molar-refractivity contribution in [2.24, 2.45) is 0 Å². The zero-order valence-corrected chi connectivity index (χ0v) is 25.0. The molecule has 33 heavy (non-hydrogen) atoms. The first-order chi connectivity index (χ1) is 15.9. The first-order valence-electron chi connectivity index (χ1n) is 10.3. The van der Waals surface area contributed by atoms with Crippen LogP contribution in [0.5, 0.6) is 5.75 Å². The van der Waals surface area contributed by atoms with E-state index < -0.39 is 0 Å². The van der Waals surface area contributed by atoms with Crippen LogP contribution in [0.1, 0.15) is 23.6 Å². The molecule has 4 rings (SSSR count). The van der Waals surface area contributed by atoms with E-state index in [1.165, 1.54) is 20.9 Å². The first-order valence-corrected chi connectivity index (χ1v) is 14.4. The van der Waals surface area contributed by atoms with Gasteiger partial charge in [0.05, 0.1) is 12.0 Å². The molecule has 0 spiro atoms. The molecule has 0 aliphatic carbocycles. The molecular weight excluding hydrogens is 773 g/mol. The minimum atomic E-state index is -0.189. The van der Waals surface area contributed by atoms with Gasteiger partial charge in [0, 0.05) is 9.26 Å². The summed E-state index contributed by atoms with van der Waals surface area (Å²) in [5.41, 5.74) is 4.21. The molecule has 170 valence electrons. The molecule has 0 radical (unpaired) electrons. The van der Waals surface area contributed by atoms with Crippen LogP contribution in [-0.2, 0) is 17.8 Å². The lowest BCUT2D eigenvalue weighted by atomic mass is 10.1. The molecule has 3 aromatic rings. The van der Waals surface area contributed by atoms with Crippen LogP contribution < -0.4 is 15.4 Å². The highest BCUT2D eigenvalue weighted by Gasteiger charge is 2.27. The van der Waals surface area contributed by atoms with Gasteiger partial charge in [-0.2, -0.15) is 0 Å². The lowest BCUT2D eigenvalue weighted by Crippen LogP contribution is -2.30. The molecule has 0 unspecified atom stereocenters. The van der Waals surface area contributed by atoms with Gasteiger partial charge >= 0.3 is 0 Å². The Morgan fingerprint density at radius 1 is 1.00 bits per heavy atom. The van der Waals surface area contributed by atoms with Gasteiger partial charge in [-0.15, -0.1) is 0 Å². The van der Waals surface area contributed by atoms with E-state index in [2.05, 4.69) is 134 Å². The third-order valence-electron chi connectivity index (χ3n) is 5.01. The summed E-state index contributed by atoms with van der Waals surface area (Å²) in [7, 11) is 0. The second-order valence-electron chi connectivity index (χ2n) is 7.40. The molecule has 0 bridgehead atoms. The summed E-state index contributed by atoms with van der Waals surface area (Å²) in [6.45, 7) is 2.66. The van der Waals surface area contributed by atoms with Crippen LogP contribution in [0, 0.1) is 10.7 Å². The van der Waals surface area contributed by atoms with Gasteiger partial charge in [-0.1, -0.05) is 43.0 Å². The highest BCUT2D eigenvalue weighted by molar-refractivity contribution is 14.1. The maximum Gasteiger partial charge on any atom is 0.260 e. The van der Waals surface area contributed by atoms with Crippen LogP contribution in [0.4, 0.5) is 5.69 Å². The van der Waals surface area contributed by atoms with Gasteiger partial charge in [-0.3, -0.25) is 4.79 Å². The summed E-state index contributed by atoms with van der Waals surface area (Å²) in [4.78, 5) is 13.2. The van der Waals surface area contributed by atoms with Crippen molar-refractivity contribution in [3.8, 4) is 5.75 Å². The number of hydrogen-bond acceptors (Lipinski definition) is 4. The fraction of sp³-hybridized carbons (Fsp3) is 0.160. The average molecular weight is 794 g/mol. The zero-order valence-electron chi connectivity index (χ0n) is 17.7. The number of aryl methyl sites for hydroxylation is 1. The predicted molar refractivity (Wildman–Crippen MR) is 162 cm³/mol. The van der Waals surface area contributed by atoms with Crippen molar-refractivity contribution >= 4 is 97.2 Å². The average Bonchev–Trinajstić information content (AvgIpc) is 3.13. The number of thioether (sulfide) groups is 1. The summed E-state index contributed by atoms with van der Waals surface area (Å²) in [5, 5.41) is 6.37. The Bertz CT molecular complexity index is 1160. The Morgan fingerprint density at radius 2 is 1.64 bits per heavy atom. The van der Waals surface area contributed by atoms with E-state index in [0.29, 0.717) is 11.5 Å². The number of carbonyl (C=O) groups excluding carboxylic acids is 1. The number of rotatable bonds is 7. The number of anilines is 1. The minimum Gasteiger partial charge on any atom is -0.487 e. The predicted octanol–water partition coefficient (Wildman–Crippen LogP) is 7.24. The normalized spacial score (nSPS) is 16.7. The van der Waals surface area contributed by atoms with E-state index in [-0.39, 0.29) is 11.4 Å². The standard InChI is InChI=1S/C25H21I3N2O2S/c1-2-15-5-9-19(10-6-15)29-25-30-24(31)22(33-25)13-17-11-20(27)23(21(28)12-17)32-14-16-3-7-18(26)8-4-16/h3-13,25,29H,2,14H2,1H3,(H,30,31)/b22-13-/t25-/m0/s1. The van der Waals surface area contributed by atoms with Crippen LogP contribution in [-0.4, -0.2) is 11.4 Å². The van der Waals surface area contributed by atoms with Gasteiger partial charge < -0.3 is 15.4 Å². The van der Waals surface area contributed by atoms with Crippen LogP contribution in [0.2, 0.25) is 0 Å². The molecule has 1 heterocycles. The Balaban J connectivity index is 1.43. The molecule has 0 aromatic heterocycles. The molecule has 1 atom stereocenters. The molecule has 1 aliphatic rings. The fourth-order valence-electron chi connectivity index (χ4n) is 3.24. The third kappa shape index (κ3) is 6.79. The highest BCUT2D eigenvalue weighted by Crippen LogP contribution is 2.34. The number of hydrogen-bond donors (Lipinski definition) is 2. The van der Waals surface area contributed by atoms with Gasteiger partial charge in [0.1, 0.15) is 12.4 Å². The first kappa shape index (κ1) is 25.1. The van der Waals surface area contributed by atoms with Crippen molar-refractivity contribution in [1.82, 2.24) is 5.32 Å². The molecule has 1 aliphatic heterocycles. The van der Waals surface area contributed by atoms with Crippen molar-refractivity contribution in [2.45, 2.75) is 25.4 Å². The van der Waals surface area contributed by atoms with E-state index in [1.807, 2.05) is 18.2 Å². The Morgan fingerprint density at radius 3 is 2.27 bits per heavy atom. The van der Waals surface area contributed by atoms with Gasteiger partial charge in [-0.05, 0) is 133 Å². The Kier molecular flexibility index (Phi) is 8.85. The van der Waals surface area contributed by atoms with Gasteiger partial charge in [0.15, 0.2) is 5.50 Å². The highest BCUT2D eigenvalue weighted by atomic mass is 127. The van der Waals surface area contributed by atoms with Gasteiger partial charge in [0.2, 0.25) is 0 Å². The summed E-state index contributed by atoms with van der Waals surface area (Å²) in [6, 6.07) is 20.7. The number of amides is 1. The molecule has 0 saturated carbocycles. The molecule has 2 N–H and O–H groups in total. The van der Waals surface area contributed by atoms with Crippen LogP contribution in [0.15, 0.2) is 65.6 Å². The SMILES string of the molecule is CCc1ccc(N[C@H]2NC(=O)/C(=C/c3cc(I)c(OCc4ccc(I)cc4)c(I)c3)S2)cc1. The Labute approximate surface area is 239 Å². The van der Waals surface area contributed by atoms with Crippen molar-refractivity contribution in [3.05, 3.63) is 93.0 Å². The second-order valence-corrected chi connectivity index (χ2v) is 12.1. The second kappa shape index (κ2) is 11.6. The molecule has 3 aromatic carbocycles. The molecule has 1 saturated heterocycles. The number of carbonyl (C=O) groups is 1. The number of nitrogens with one attached hydrogen (secondary N) is 2. The van der Waals surface area contributed by atoms with E-state index in [9.17, 15) is 4.79 Å². The quantitative estimate of drug-likeness (QED) is 0.196. The lowest BCUT2D eigenvalue weighted by Gasteiger charge is -2.13. The van der Waals surface area contributed by atoms with Gasteiger partial charge in [0.25, 0.3) is 5.91 Å². The fourth-order valence-corrected chi connectivity index (χ4v) is 6.71. The van der Waals surface area contributed by atoms with Crippen molar-refractivity contribution in [1.29, 1.82) is 0 Å². The number of halogens is 3. The van der Waals surface area contributed by atoms with Crippen molar-refractivity contribution in [3.63, 3.8) is 0 Å². The number of benzene rings is 3. The molecule has 1 amide bonds. The number of ether oxygens (including phenoxy) is 1. The summed E-state index contributed by atoms with van der Waals surface area (Å²) in [5.74, 6) is 0.808. The topological polar surface area (TPSA) is 50.4 Å².